The zero-order chi connectivity index (χ0) is 16.2. The molecule has 0 bridgehead atoms. The van der Waals surface area contributed by atoms with Crippen molar-refractivity contribution in [2.75, 3.05) is 11.4 Å². The monoisotopic (exact) mass is 291 g/mol. The van der Waals surface area contributed by atoms with Gasteiger partial charge < -0.3 is 10.0 Å². The summed E-state index contributed by atoms with van der Waals surface area (Å²) in [5.74, 6) is -1.26. The fourth-order valence-corrected chi connectivity index (χ4v) is 2.36. The summed E-state index contributed by atoms with van der Waals surface area (Å²) in [6.45, 7) is 9.70. The van der Waals surface area contributed by atoms with Gasteiger partial charge in [-0.25, -0.2) is 0 Å². The van der Waals surface area contributed by atoms with E-state index in [0.29, 0.717) is 6.42 Å². The highest BCUT2D eigenvalue weighted by Crippen LogP contribution is 2.27. The van der Waals surface area contributed by atoms with Gasteiger partial charge in [-0.05, 0) is 30.9 Å². The smallest absolute Gasteiger partial charge is 0.308 e. The second-order valence-corrected chi connectivity index (χ2v) is 6.08. The third-order valence-electron chi connectivity index (χ3n) is 3.47. The van der Waals surface area contributed by atoms with Gasteiger partial charge in [0.1, 0.15) is 0 Å². The van der Waals surface area contributed by atoms with Crippen molar-refractivity contribution in [3.05, 3.63) is 29.3 Å². The topological polar surface area (TPSA) is 57.6 Å². The normalized spacial score (nSPS) is 12.3. The minimum Gasteiger partial charge on any atom is -0.481 e. The first-order valence-electron chi connectivity index (χ1n) is 7.33. The first kappa shape index (κ1) is 17.2. The Bertz CT molecular complexity index is 503. The molecule has 1 N–H and O–H groups in total. The van der Waals surface area contributed by atoms with E-state index in [9.17, 15) is 9.59 Å². The molecule has 4 heteroatoms. The van der Waals surface area contributed by atoms with Gasteiger partial charge in [-0.2, -0.15) is 0 Å². The molecule has 21 heavy (non-hydrogen) atoms. The summed E-state index contributed by atoms with van der Waals surface area (Å²) in [5.41, 5.74) is 2.82. The third kappa shape index (κ3) is 4.59. The Morgan fingerprint density at radius 3 is 2.10 bits per heavy atom. The molecule has 1 atom stereocenters. The van der Waals surface area contributed by atoms with Crippen LogP contribution in [0, 0.1) is 25.7 Å². The molecule has 1 aromatic carbocycles. The van der Waals surface area contributed by atoms with Gasteiger partial charge in [0, 0.05) is 18.7 Å². The highest BCUT2D eigenvalue weighted by atomic mass is 16.4. The Kier molecular flexibility index (Phi) is 5.94. The molecule has 0 spiro atoms. The number of aliphatic carboxylic acids is 1. The van der Waals surface area contributed by atoms with E-state index in [2.05, 4.69) is 0 Å². The molecule has 0 aliphatic carbocycles. The number of rotatable bonds is 6. The van der Waals surface area contributed by atoms with Crippen LogP contribution in [0.25, 0.3) is 0 Å². The number of benzene rings is 1. The number of anilines is 1. The van der Waals surface area contributed by atoms with Crippen molar-refractivity contribution in [2.45, 2.75) is 41.0 Å². The minimum absolute atomic E-state index is 0.0181. The van der Waals surface area contributed by atoms with E-state index in [1.54, 1.807) is 11.8 Å². The molecule has 1 amide bonds. The molecule has 0 aliphatic rings. The third-order valence-corrected chi connectivity index (χ3v) is 3.47. The Hall–Kier alpha value is -1.84. The van der Waals surface area contributed by atoms with Gasteiger partial charge in [0.05, 0.1) is 5.92 Å². The van der Waals surface area contributed by atoms with Crippen LogP contribution in [0.4, 0.5) is 5.69 Å². The molecule has 0 heterocycles. The maximum absolute atomic E-state index is 12.5. The van der Waals surface area contributed by atoms with Gasteiger partial charge in [-0.1, -0.05) is 39.0 Å². The number of aryl methyl sites for hydroxylation is 2. The number of hydrogen-bond acceptors (Lipinski definition) is 2. The summed E-state index contributed by atoms with van der Waals surface area (Å²) in [7, 11) is 0. The van der Waals surface area contributed by atoms with Crippen molar-refractivity contribution in [1.82, 2.24) is 0 Å². The first-order valence-corrected chi connectivity index (χ1v) is 7.33. The molecular weight excluding hydrogens is 266 g/mol. The van der Waals surface area contributed by atoms with Gasteiger partial charge in [-0.3, -0.25) is 9.59 Å². The predicted molar refractivity (Wildman–Crippen MR) is 84.5 cm³/mol. The van der Waals surface area contributed by atoms with E-state index < -0.39 is 11.9 Å². The maximum atomic E-state index is 12.5. The van der Waals surface area contributed by atoms with Crippen LogP contribution in [0.2, 0.25) is 0 Å². The van der Waals surface area contributed by atoms with E-state index in [0.717, 1.165) is 16.8 Å². The minimum atomic E-state index is -0.886. The zero-order valence-corrected chi connectivity index (χ0v) is 13.5. The summed E-state index contributed by atoms with van der Waals surface area (Å²) in [5, 5.41) is 9.14. The van der Waals surface area contributed by atoms with E-state index in [4.69, 9.17) is 5.11 Å². The van der Waals surface area contributed by atoms with Crippen LogP contribution in [0.5, 0.6) is 0 Å². The summed E-state index contributed by atoms with van der Waals surface area (Å²) < 4.78 is 0. The molecule has 0 saturated carbocycles. The molecule has 0 radical (unpaired) electrons. The van der Waals surface area contributed by atoms with Crippen molar-refractivity contribution in [3.63, 3.8) is 0 Å². The number of carbonyl (C=O) groups excluding carboxylic acids is 1. The molecule has 1 aromatic rings. The van der Waals surface area contributed by atoms with Gasteiger partial charge >= 0.3 is 5.97 Å². The van der Waals surface area contributed by atoms with E-state index in [1.165, 1.54) is 0 Å². The van der Waals surface area contributed by atoms with Crippen LogP contribution in [-0.4, -0.2) is 23.5 Å². The number of amides is 1. The quantitative estimate of drug-likeness (QED) is 0.874. The second kappa shape index (κ2) is 7.25. The number of hydrogen-bond donors (Lipinski definition) is 1. The number of para-hydroxylation sites is 1. The van der Waals surface area contributed by atoms with E-state index >= 15 is 0 Å². The number of carboxylic acid groups (broad SMARTS) is 1. The van der Waals surface area contributed by atoms with Crippen LogP contribution in [0.15, 0.2) is 18.2 Å². The van der Waals surface area contributed by atoms with Crippen molar-refractivity contribution in [3.8, 4) is 0 Å². The van der Waals surface area contributed by atoms with Crippen molar-refractivity contribution in [2.24, 2.45) is 11.8 Å². The van der Waals surface area contributed by atoms with Crippen molar-refractivity contribution >= 4 is 17.6 Å². The van der Waals surface area contributed by atoms with Crippen molar-refractivity contribution in [1.29, 1.82) is 0 Å². The summed E-state index contributed by atoms with van der Waals surface area (Å²) in [4.78, 5) is 25.3. The standard InChI is InChI=1S/C17H25NO3/c1-11(2)9-15(19)18(10-14(5)17(20)21)16-12(3)7-6-8-13(16)4/h6-8,11,14H,9-10H2,1-5H3,(H,20,21). The molecule has 4 nitrogen and oxygen atoms in total. The van der Waals surface area contributed by atoms with E-state index in [1.807, 2.05) is 45.9 Å². The highest BCUT2D eigenvalue weighted by Gasteiger charge is 2.24. The molecule has 0 aliphatic heterocycles. The average Bonchev–Trinajstić information content (AvgIpc) is 2.35. The zero-order valence-electron chi connectivity index (χ0n) is 13.5. The Morgan fingerprint density at radius 2 is 1.67 bits per heavy atom. The number of nitrogens with zero attached hydrogens (tertiary/aromatic N) is 1. The molecule has 1 rings (SSSR count). The van der Waals surface area contributed by atoms with Crippen LogP contribution in [-0.2, 0) is 9.59 Å². The lowest BCUT2D eigenvalue weighted by atomic mass is 10.0. The highest BCUT2D eigenvalue weighted by molar-refractivity contribution is 5.95. The Labute approximate surface area is 126 Å². The molecule has 0 fully saturated rings. The lowest BCUT2D eigenvalue weighted by molar-refractivity contribution is -0.140. The second-order valence-electron chi connectivity index (χ2n) is 6.08. The molecule has 0 saturated heterocycles. The van der Waals surface area contributed by atoms with Crippen molar-refractivity contribution < 1.29 is 14.7 Å². The average molecular weight is 291 g/mol. The maximum Gasteiger partial charge on any atom is 0.308 e. The summed E-state index contributed by atoms with van der Waals surface area (Å²) >= 11 is 0. The predicted octanol–water partition coefficient (Wildman–Crippen LogP) is 3.40. The fourth-order valence-electron chi connectivity index (χ4n) is 2.36. The largest absolute Gasteiger partial charge is 0.481 e. The Balaban J connectivity index is 3.18. The first-order chi connectivity index (χ1) is 9.73. The van der Waals surface area contributed by atoms with Gasteiger partial charge in [-0.15, -0.1) is 0 Å². The summed E-state index contributed by atoms with van der Waals surface area (Å²) in [6, 6.07) is 5.84. The van der Waals surface area contributed by atoms with Crippen LogP contribution >= 0.6 is 0 Å². The molecule has 0 aromatic heterocycles. The number of carbonyl (C=O) groups is 2. The van der Waals surface area contributed by atoms with Crippen LogP contribution in [0.1, 0.15) is 38.3 Å². The van der Waals surface area contributed by atoms with Crippen LogP contribution in [0.3, 0.4) is 0 Å². The van der Waals surface area contributed by atoms with Crippen LogP contribution < -0.4 is 4.90 Å². The van der Waals surface area contributed by atoms with Gasteiger partial charge in [0.15, 0.2) is 0 Å². The number of carboxylic acids is 1. The fraction of sp³-hybridized carbons (Fsp3) is 0.529. The molecule has 1 unspecified atom stereocenters. The van der Waals surface area contributed by atoms with Gasteiger partial charge in [0.2, 0.25) is 5.91 Å². The lowest BCUT2D eigenvalue weighted by Crippen LogP contribution is -2.38. The van der Waals surface area contributed by atoms with E-state index in [-0.39, 0.29) is 18.4 Å². The lowest BCUT2D eigenvalue weighted by Gasteiger charge is -2.28. The SMILES string of the molecule is Cc1cccc(C)c1N(CC(C)C(=O)O)C(=O)CC(C)C. The molecular formula is C17H25NO3. The van der Waals surface area contributed by atoms with Gasteiger partial charge in [0.25, 0.3) is 0 Å². The Morgan fingerprint density at radius 1 is 1.14 bits per heavy atom. The summed E-state index contributed by atoms with van der Waals surface area (Å²) in [6.07, 6.45) is 0.417. The molecule has 116 valence electrons.